The highest BCUT2D eigenvalue weighted by atomic mass is 79.9. The fourth-order valence-electron chi connectivity index (χ4n) is 1.46. The average molecular weight is 295 g/mol. The summed E-state index contributed by atoms with van der Waals surface area (Å²) in [5, 5.41) is 2.50. The highest BCUT2D eigenvalue weighted by Gasteiger charge is 2.63. The van der Waals surface area contributed by atoms with Crippen molar-refractivity contribution in [1.29, 1.82) is 0 Å². The van der Waals surface area contributed by atoms with Gasteiger partial charge in [0, 0.05) is 6.20 Å². The molecule has 2 rings (SSSR count). The molecule has 1 N–H and O–H groups in total. The molecule has 0 saturated heterocycles. The zero-order valence-corrected chi connectivity index (χ0v) is 10.1. The molecule has 1 fully saturated rings. The van der Waals surface area contributed by atoms with Crippen LogP contribution in [0.1, 0.15) is 18.4 Å². The maximum Gasteiger partial charge on any atom is 0.411 e. The number of rotatable bonds is 2. The number of nitrogens with zero attached hydrogens (tertiary/aromatic N) is 1. The summed E-state index contributed by atoms with van der Waals surface area (Å²) in [5.41, 5.74) is -0.911. The van der Waals surface area contributed by atoms with E-state index in [1.54, 1.807) is 6.07 Å². The van der Waals surface area contributed by atoms with Gasteiger partial charge in [0.15, 0.2) is 0 Å². The molecular formula is C10H10BrF3N2. The minimum Gasteiger partial charge on any atom is -0.355 e. The molecule has 0 amide bonds. The van der Waals surface area contributed by atoms with Gasteiger partial charge < -0.3 is 5.32 Å². The van der Waals surface area contributed by atoms with E-state index in [1.807, 2.05) is 6.92 Å². The molecule has 0 bridgehead atoms. The van der Waals surface area contributed by atoms with Gasteiger partial charge in [-0.2, -0.15) is 13.2 Å². The van der Waals surface area contributed by atoms with Gasteiger partial charge in [0.25, 0.3) is 0 Å². The molecule has 16 heavy (non-hydrogen) atoms. The normalized spacial score (nSPS) is 18.3. The molecule has 1 aromatic rings. The second kappa shape index (κ2) is 3.61. The molecule has 88 valence electrons. The number of hydrogen-bond acceptors (Lipinski definition) is 2. The fraction of sp³-hybridized carbons (Fsp3) is 0.500. The summed E-state index contributed by atoms with van der Waals surface area (Å²) in [6.07, 6.45) is -2.51. The third-order valence-electron chi connectivity index (χ3n) is 2.73. The predicted molar refractivity (Wildman–Crippen MR) is 58.3 cm³/mol. The van der Waals surface area contributed by atoms with Crippen LogP contribution >= 0.6 is 15.9 Å². The van der Waals surface area contributed by atoms with Crippen molar-refractivity contribution in [2.45, 2.75) is 31.5 Å². The largest absolute Gasteiger partial charge is 0.411 e. The van der Waals surface area contributed by atoms with Crippen molar-refractivity contribution < 1.29 is 13.2 Å². The molecular weight excluding hydrogens is 285 g/mol. The predicted octanol–water partition coefficient (Wildman–Crippen LogP) is 3.66. The van der Waals surface area contributed by atoms with Crippen LogP contribution in [0.15, 0.2) is 16.7 Å². The number of hydrogen-bond donors (Lipinski definition) is 1. The van der Waals surface area contributed by atoms with E-state index >= 15 is 0 Å². The van der Waals surface area contributed by atoms with E-state index < -0.39 is 11.7 Å². The number of pyridine rings is 1. The Hall–Kier alpha value is -0.780. The molecule has 0 aromatic carbocycles. The minimum atomic E-state index is -4.22. The van der Waals surface area contributed by atoms with Crippen molar-refractivity contribution in [3.05, 3.63) is 22.3 Å². The lowest BCUT2D eigenvalue weighted by Crippen LogP contribution is -2.39. The average Bonchev–Trinajstić information content (AvgIpc) is 2.93. The Balaban J connectivity index is 2.25. The zero-order valence-electron chi connectivity index (χ0n) is 8.53. The Bertz CT molecular complexity index is 413. The molecule has 1 aromatic heterocycles. The van der Waals surface area contributed by atoms with E-state index in [1.165, 1.54) is 6.20 Å². The van der Waals surface area contributed by atoms with E-state index in [4.69, 9.17) is 0 Å². The quantitative estimate of drug-likeness (QED) is 0.900. The summed E-state index contributed by atoms with van der Waals surface area (Å²) in [7, 11) is 0. The maximum absolute atomic E-state index is 12.7. The van der Waals surface area contributed by atoms with Gasteiger partial charge in [-0.1, -0.05) is 0 Å². The Kier molecular flexibility index (Phi) is 2.64. The number of anilines is 1. The molecule has 1 saturated carbocycles. The first-order valence-electron chi connectivity index (χ1n) is 4.82. The van der Waals surface area contributed by atoms with Crippen LogP contribution in [0.2, 0.25) is 0 Å². The number of nitrogens with one attached hydrogen (secondary N) is 1. The van der Waals surface area contributed by atoms with Crippen LogP contribution < -0.4 is 5.32 Å². The lowest BCUT2D eigenvalue weighted by molar-refractivity contribution is -0.151. The number of aryl methyl sites for hydroxylation is 1. The minimum absolute atomic E-state index is 0.110. The van der Waals surface area contributed by atoms with Gasteiger partial charge in [0.05, 0.1) is 4.47 Å². The molecule has 0 atom stereocenters. The van der Waals surface area contributed by atoms with Crippen LogP contribution in [0.25, 0.3) is 0 Å². The summed E-state index contributed by atoms with van der Waals surface area (Å²) in [6.45, 7) is 1.81. The van der Waals surface area contributed by atoms with Gasteiger partial charge in [0.2, 0.25) is 0 Å². The van der Waals surface area contributed by atoms with Gasteiger partial charge in [-0.15, -0.1) is 0 Å². The van der Waals surface area contributed by atoms with E-state index in [-0.39, 0.29) is 18.7 Å². The first-order valence-corrected chi connectivity index (χ1v) is 5.61. The smallest absolute Gasteiger partial charge is 0.355 e. The second-order valence-corrected chi connectivity index (χ2v) is 4.79. The van der Waals surface area contributed by atoms with Crippen LogP contribution in [-0.4, -0.2) is 16.7 Å². The van der Waals surface area contributed by atoms with Gasteiger partial charge in [-0.3, -0.25) is 0 Å². The Morgan fingerprint density at radius 1 is 1.44 bits per heavy atom. The van der Waals surface area contributed by atoms with Crippen molar-refractivity contribution in [3.63, 3.8) is 0 Å². The molecule has 0 aliphatic heterocycles. The molecule has 1 aliphatic rings. The number of alkyl halides is 3. The second-order valence-electron chi connectivity index (χ2n) is 4.00. The van der Waals surface area contributed by atoms with E-state index in [0.717, 1.165) is 5.56 Å². The third kappa shape index (κ3) is 1.90. The molecule has 1 aliphatic carbocycles. The zero-order chi connectivity index (χ0) is 12.0. The molecule has 2 nitrogen and oxygen atoms in total. The highest BCUT2D eigenvalue weighted by Crippen LogP contribution is 2.51. The number of aromatic nitrogens is 1. The molecule has 6 heteroatoms. The third-order valence-corrected chi connectivity index (χ3v) is 3.73. The molecule has 1 heterocycles. The summed E-state index contributed by atoms with van der Waals surface area (Å²) in [5.74, 6) is 0.259. The van der Waals surface area contributed by atoms with Crippen LogP contribution in [0.3, 0.4) is 0 Å². The van der Waals surface area contributed by atoms with E-state index in [2.05, 4.69) is 26.2 Å². The standard InChI is InChI=1S/C10H10BrF3N2/c1-6-2-5-15-8(7(6)11)16-9(3-4-9)10(12,13)14/h2,5H,3-4H2,1H3,(H,15,16). The van der Waals surface area contributed by atoms with Crippen LogP contribution in [0.5, 0.6) is 0 Å². The Labute approximate surface area is 99.4 Å². The van der Waals surface area contributed by atoms with Gasteiger partial charge in [-0.25, -0.2) is 4.98 Å². The fourth-order valence-corrected chi connectivity index (χ4v) is 1.79. The van der Waals surface area contributed by atoms with Gasteiger partial charge in [-0.05, 0) is 47.3 Å². The van der Waals surface area contributed by atoms with Gasteiger partial charge in [0.1, 0.15) is 11.4 Å². The maximum atomic E-state index is 12.7. The van der Waals surface area contributed by atoms with Crippen LogP contribution in [0.4, 0.5) is 19.0 Å². The van der Waals surface area contributed by atoms with Crippen molar-refractivity contribution >= 4 is 21.7 Å². The van der Waals surface area contributed by atoms with Crippen molar-refractivity contribution in [1.82, 2.24) is 4.98 Å². The summed E-state index contributed by atoms with van der Waals surface area (Å²) in [6, 6.07) is 1.74. The topological polar surface area (TPSA) is 24.9 Å². The Morgan fingerprint density at radius 2 is 2.06 bits per heavy atom. The lowest BCUT2D eigenvalue weighted by atomic mass is 10.2. The van der Waals surface area contributed by atoms with E-state index in [0.29, 0.717) is 4.47 Å². The summed E-state index contributed by atoms with van der Waals surface area (Å²) < 4.78 is 38.7. The highest BCUT2D eigenvalue weighted by molar-refractivity contribution is 9.10. The van der Waals surface area contributed by atoms with Crippen LogP contribution in [0, 0.1) is 6.92 Å². The lowest BCUT2D eigenvalue weighted by Gasteiger charge is -2.22. The van der Waals surface area contributed by atoms with E-state index in [9.17, 15) is 13.2 Å². The van der Waals surface area contributed by atoms with Gasteiger partial charge >= 0.3 is 6.18 Å². The summed E-state index contributed by atoms with van der Waals surface area (Å²) >= 11 is 3.24. The summed E-state index contributed by atoms with van der Waals surface area (Å²) in [4.78, 5) is 3.92. The van der Waals surface area contributed by atoms with Crippen molar-refractivity contribution in [2.24, 2.45) is 0 Å². The molecule has 0 unspecified atom stereocenters. The van der Waals surface area contributed by atoms with Crippen molar-refractivity contribution in [3.8, 4) is 0 Å². The van der Waals surface area contributed by atoms with Crippen molar-refractivity contribution in [2.75, 3.05) is 5.32 Å². The first-order chi connectivity index (χ1) is 7.36. The first kappa shape index (κ1) is 11.7. The van der Waals surface area contributed by atoms with Crippen LogP contribution in [-0.2, 0) is 0 Å². The monoisotopic (exact) mass is 294 g/mol. The number of halogens is 4. The SMILES string of the molecule is Cc1ccnc(NC2(C(F)(F)F)CC2)c1Br. The Morgan fingerprint density at radius 3 is 2.56 bits per heavy atom. The molecule has 0 radical (unpaired) electrons. The molecule has 0 spiro atoms.